The summed E-state index contributed by atoms with van der Waals surface area (Å²) in [5.41, 5.74) is 0.599. The molecule has 0 radical (unpaired) electrons. The Labute approximate surface area is 71.5 Å². The summed E-state index contributed by atoms with van der Waals surface area (Å²) in [5, 5.41) is 0. The van der Waals surface area contributed by atoms with Crippen molar-refractivity contribution in [3.63, 3.8) is 0 Å². The van der Waals surface area contributed by atoms with Crippen molar-refractivity contribution in [2.45, 2.75) is 6.92 Å². The van der Waals surface area contributed by atoms with Crippen LogP contribution in [0, 0.1) is 0 Å². The van der Waals surface area contributed by atoms with Gasteiger partial charge in [-0.1, -0.05) is 0 Å². The van der Waals surface area contributed by atoms with Gasteiger partial charge in [0.25, 0.3) is 0 Å². The van der Waals surface area contributed by atoms with Crippen LogP contribution in [0.1, 0.15) is 6.92 Å². The highest BCUT2D eigenvalue weighted by molar-refractivity contribution is 5.90. The Kier molecular flexibility index (Phi) is 2.85. The van der Waals surface area contributed by atoms with Crippen LogP contribution in [-0.4, -0.2) is 37.4 Å². The first-order chi connectivity index (χ1) is 5.74. The lowest BCUT2D eigenvalue weighted by atomic mass is 10.3. The molecule has 0 unspecified atom stereocenters. The molecule has 12 heavy (non-hydrogen) atoms. The molecule has 1 aliphatic rings. The maximum Gasteiger partial charge on any atom is 0.337 e. The minimum absolute atomic E-state index is 0.277. The molecule has 0 aromatic rings. The summed E-state index contributed by atoms with van der Waals surface area (Å²) in [6.07, 6.45) is 3.40. The van der Waals surface area contributed by atoms with Crippen LogP contribution in [0.2, 0.25) is 0 Å². The van der Waals surface area contributed by atoms with Gasteiger partial charge in [0.05, 0.1) is 25.1 Å². The molecule has 0 bridgehead atoms. The topological polar surface area (TPSA) is 41.9 Å². The molecule has 0 atom stereocenters. The van der Waals surface area contributed by atoms with Gasteiger partial charge in [-0.15, -0.1) is 0 Å². The fraction of sp³-hybridized carbons (Fsp3) is 0.500. The molecule has 0 aromatic carbocycles. The van der Waals surface area contributed by atoms with Gasteiger partial charge in [-0.05, 0) is 6.92 Å². The van der Waals surface area contributed by atoms with Gasteiger partial charge in [-0.2, -0.15) is 0 Å². The quantitative estimate of drug-likeness (QED) is 0.561. The van der Waals surface area contributed by atoms with E-state index >= 15 is 0 Å². The molecule has 0 spiro atoms. The van der Waals surface area contributed by atoms with Gasteiger partial charge in [0.1, 0.15) is 0 Å². The number of hydrogen-bond acceptors (Lipinski definition) is 4. The fourth-order valence-electron chi connectivity index (χ4n) is 0.929. The van der Waals surface area contributed by atoms with E-state index in [0.717, 1.165) is 0 Å². The molecular formula is C8H12N2O2. The van der Waals surface area contributed by atoms with Crippen LogP contribution in [-0.2, 0) is 9.53 Å². The van der Waals surface area contributed by atoms with E-state index in [1.807, 2.05) is 7.05 Å². The van der Waals surface area contributed by atoms with Crippen LogP contribution in [0.25, 0.3) is 0 Å². The van der Waals surface area contributed by atoms with Gasteiger partial charge >= 0.3 is 5.97 Å². The molecule has 0 saturated heterocycles. The third-order valence-corrected chi connectivity index (χ3v) is 1.42. The summed E-state index contributed by atoms with van der Waals surface area (Å²) in [4.78, 5) is 16.9. The molecule has 0 aromatic heterocycles. The van der Waals surface area contributed by atoms with E-state index in [0.29, 0.717) is 18.7 Å². The van der Waals surface area contributed by atoms with Crippen LogP contribution in [0.5, 0.6) is 0 Å². The average molecular weight is 168 g/mol. The Hall–Kier alpha value is -1.32. The molecule has 1 aliphatic heterocycles. The highest BCUT2D eigenvalue weighted by Crippen LogP contribution is 2.04. The van der Waals surface area contributed by atoms with Gasteiger partial charge < -0.3 is 9.64 Å². The van der Waals surface area contributed by atoms with Gasteiger partial charge in [0.2, 0.25) is 0 Å². The number of esters is 1. The summed E-state index contributed by atoms with van der Waals surface area (Å²) in [5.74, 6) is -0.277. The maximum atomic E-state index is 11.2. The number of carbonyl (C=O) groups is 1. The minimum atomic E-state index is -0.277. The molecule has 0 N–H and O–H groups in total. The first-order valence-corrected chi connectivity index (χ1v) is 3.83. The predicted octanol–water partition coefficient (Wildman–Crippen LogP) is 0.407. The lowest BCUT2D eigenvalue weighted by Gasteiger charge is -2.14. The Balaban J connectivity index is 2.57. The fourth-order valence-corrected chi connectivity index (χ4v) is 0.929. The second kappa shape index (κ2) is 3.90. The molecular weight excluding hydrogens is 156 g/mol. The summed E-state index contributed by atoms with van der Waals surface area (Å²) in [6, 6.07) is 0. The first kappa shape index (κ1) is 8.77. The minimum Gasteiger partial charge on any atom is -0.463 e. The van der Waals surface area contributed by atoms with Crippen LogP contribution in [0.3, 0.4) is 0 Å². The van der Waals surface area contributed by atoms with Crippen LogP contribution in [0.15, 0.2) is 16.8 Å². The molecule has 4 heteroatoms. The van der Waals surface area contributed by atoms with Crippen molar-refractivity contribution in [1.82, 2.24) is 4.90 Å². The second-order valence-corrected chi connectivity index (χ2v) is 2.50. The monoisotopic (exact) mass is 168 g/mol. The van der Waals surface area contributed by atoms with Crippen molar-refractivity contribution in [3.8, 4) is 0 Å². The molecule has 1 heterocycles. The Bertz CT molecular complexity index is 233. The van der Waals surface area contributed by atoms with Crippen LogP contribution >= 0.6 is 0 Å². The molecule has 4 nitrogen and oxygen atoms in total. The SMILES string of the molecule is CCOC(=O)C1=CN(C)C=NC1. The van der Waals surface area contributed by atoms with E-state index in [9.17, 15) is 4.79 Å². The zero-order valence-corrected chi connectivity index (χ0v) is 7.28. The lowest BCUT2D eigenvalue weighted by molar-refractivity contribution is -0.138. The molecule has 66 valence electrons. The van der Waals surface area contributed by atoms with E-state index < -0.39 is 0 Å². The molecule has 0 fully saturated rings. The van der Waals surface area contributed by atoms with Crippen molar-refractivity contribution in [2.75, 3.05) is 20.2 Å². The Morgan fingerprint density at radius 2 is 2.58 bits per heavy atom. The summed E-state index contributed by atoms with van der Waals surface area (Å²) < 4.78 is 4.82. The van der Waals surface area contributed by atoms with Gasteiger partial charge in [-0.3, -0.25) is 4.99 Å². The molecule has 0 amide bonds. The van der Waals surface area contributed by atoms with Crippen LogP contribution in [0.4, 0.5) is 0 Å². The smallest absolute Gasteiger partial charge is 0.337 e. The number of ether oxygens (including phenoxy) is 1. The number of aliphatic imine (C=N–C) groups is 1. The summed E-state index contributed by atoms with van der Waals surface area (Å²) >= 11 is 0. The second-order valence-electron chi connectivity index (χ2n) is 2.50. The largest absolute Gasteiger partial charge is 0.463 e. The Morgan fingerprint density at radius 3 is 3.17 bits per heavy atom. The van der Waals surface area contributed by atoms with Gasteiger partial charge in [0, 0.05) is 13.2 Å². The van der Waals surface area contributed by atoms with E-state index in [2.05, 4.69) is 4.99 Å². The van der Waals surface area contributed by atoms with Crippen molar-refractivity contribution >= 4 is 12.3 Å². The Morgan fingerprint density at radius 1 is 1.83 bits per heavy atom. The van der Waals surface area contributed by atoms with Crippen LogP contribution < -0.4 is 0 Å². The summed E-state index contributed by atoms with van der Waals surface area (Å²) in [6.45, 7) is 2.61. The number of hydrogen-bond donors (Lipinski definition) is 0. The van der Waals surface area contributed by atoms with Crippen molar-refractivity contribution < 1.29 is 9.53 Å². The predicted molar refractivity (Wildman–Crippen MR) is 45.8 cm³/mol. The van der Waals surface area contributed by atoms with E-state index in [1.54, 1.807) is 24.4 Å². The van der Waals surface area contributed by atoms with Gasteiger partial charge in [-0.25, -0.2) is 4.79 Å². The molecule has 0 saturated carbocycles. The average Bonchev–Trinajstić information content (AvgIpc) is 2.05. The zero-order chi connectivity index (χ0) is 8.97. The van der Waals surface area contributed by atoms with E-state index in [4.69, 9.17) is 4.74 Å². The maximum absolute atomic E-state index is 11.2. The van der Waals surface area contributed by atoms with E-state index in [-0.39, 0.29) is 5.97 Å². The van der Waals surface area contributed by atoms with E-state index in [1.165, 1.54) is 0 Å². The molecule has 0 aliphatic carbocycles. The standard InChI is InChI=1S/C8H12N2O2/c1-3-12-8(11)7-4-9-6-10(2)5-7/h5-6H,3-4H2,1-2H3. The lowest BCUT2D eigenvalue weighted by Crippen LogP contribution is -2.20. The third-order valence-electron chi connectivity index (χ3n) is 1.42. The first-order valence-electron chi connectivity index (χ1n) is 3.83. The zero-order valence-electron chi connectivity index (χ0n) is 7.28. The number of rotatable bonds is 2. The van der Waals surface area contributed by atoms with Crippen molar-refractivity contribution in [3.05, 3.63) is 11.8 Å². The normalized spacial score (nSPS) is 15.8. The summed E-state index contributed by atoms with van der Waals surface area (Å²) in [7, 11) is 1.82. The van der Waals surface area contributed by atoms with Crippen molar-refractivity contribution in [2.24, 2.45) is 4.99 Å². The number of carbonyl (C=O) groups excluding carboxylic acids is 1. The highest BCUT2D eigenvalue weighted by Gasteiger charge is 2.12. The molecule has 1 rings (SSSR count). The number of nitrogens with zero attached hydrogens (tertiary/aromatic N) is 2. The third kappa shape index (κ3) is 2.08. The highest BCUT2D eigenvalue weighted by atomic mass is 16.5. The van der Waals surface area contributed by atoms with Gasteiger partial charge in [0.15, 0.2) is 0 Å². The van der Waals surface area contributed by atoms with Crippen molar-refractivity contribution in [1.29, 1.82) is 0 Å².